The molecule has 0 aliphatic carbocycles. The minimum absolute atomic E-state index is 0.231. The van der Waals surface area contributed by atoms with Crippen molar-refractivity contribution in [2.45, 2.75) is 43.6 Å². The summed E-state index contributed by atoms with van der Waals surface area (Å²) in [6.45, 7) is 4.42. The molecule has 2 aromatic rings. The van der Waals surface area contributed by atoms with Gasteiger partial charge in [0.2, 0.25) is 10.0 Å². The van der Waals surface area contributed by atoms with Gasteiger partial charge in [0.1, 0.15) is 5.75 Å². The van der Waals surface area contributed by atoms with Crippen molar-refractivity contribution in [3.63, 3.8) is 0 Å². The molecule has 0 spiro atoms. The molecule has 0 radical (unpaired) electrons. The molecule has 1 amide bonds. The second kappa shape index (κ2) is 8.73. The highest BCUT2D eigenvalue weighted by Crippen LogP contribution is 2.24. The summed E-state index contributed by atoms with van der Waals surface area (Å²) < 4.78 is 32.7. The Kier molecular flexibility index (Phi) is 6.51. The van der Waals surface area contributed by atoms with Crippen LogP contribution < -0.4 is 10.1 Å². The molecule has 0 unspecified atom stereocenters. The van der Waals surface area contributed by atoms with Crippen molar-refractivity contribution in [1.29, 1.82) is 0 Å². The zero-order valence-corrected chi connectivity index (χ0v) is 18.1. The van der Waals surface area contributed by atoms with Gasteiger partial charge >= 0.3 is 0 Å². The average Bonchev–Trinajstić information content (AvgIpc) is 2.70. The zero-order valence-electron chi connectivity index (χ0n) is 16.5. The maximum atomic E-state index is 12.7. The lowest BCUT2D eigenvalue weighted by Crippen LogP contribution is -2.42. The molecule has 29 heavy (non-hydrogen) atoms. The number of benzene rings is 2. The first kappa shape index (κ1) is 21.6. The molecule has 1 heterocycles. The third-order valence-electron chi connectivity index (χ3n) is 4.80. The van der Waals surface area contributed by atoms with Crippen molar-refractivity contribution in [1.82, 2.24) is 4.31 Å². The number of nitrogens with zero attached hydrogens (tertiary/aromatic N) is 1. The van der Waals surface area contributed by atoms with Crippen LogP contribution in [-0.2, 0) is 14.8 Å². The quantitative estimate of drug-likeness (QED) is 0.732. The summed E-state index contributed by atoms with van der Waals surface area (Å²) >= 11 is 5.87. The first-order chi connectivity index (χ1) is 13.7. The molecule has 8 heteroatoms. The third kappa shape index (κ3) is 5.29. The molecule has 1 aliphatic rings. The van der Waals surface area contributed by atoms with E-state index in [0.29, 0.717) is 29.5 Å². The number of ether oxygens (including phenoxy) is 1. The minimum Gasteiger partial charge on any atom is -0.478 e. The first-order valence-corrected chi connectivity index (χ1v) is 11.4. The fourth-order valence-electron chi connectivity index (χ4n) is 3.09. The Bertz CT molecular complexity index is 951. The average molecular weight is 437 g/mol. The Morgan fingerprint density at radius 2 is 1.59 bits per heavy atom. The summed E-state index contributed by atoms with van der Waals surface area (Å²) in [4.78, 5) is 12.9. The highest BCUT2D eigenvalue weighted by molar-refractivity contribution is 7.89. The van der Waals surface area contributed by atoms with Crippen LogP contribution in [0.15, 0.2) is 53.4 Å². The molecule has 3 rings (SSSR count). The monoisotopic (exact) mass is 436 g/mol. The number of carbonyl (C=O) groups excluding carboxylic acids is 1. The van der Waals surface area contributed by atoms with E-state index in [9.17, 15) is 13.2 Å². The summed E-state index contributed by atoms with van der Waals surface area (Å²) in [5.41, 5.74) is -0.632. The Hall–Kier alpha value is -2.09. The van der Waals surface area contributed by atoms with Crippen molar-refractivity contribution >= 4 is 33.2 Å². The van der Waals surface area contributed by atoms with Crippen LogP contribution >= 0.6 is 11.6 Å². The molecule has 1 aliphatic heterocycles. The maximum absolute atomic E-state index is 12.7. The van der Waals surface area contributed by atoms with E-state index >= 15 is 0 Å². The van der Waals surface area contributed by atoms with Crippen molar-refractivity contribution in [2.75, 3.05) is 18.4 Å². The summed E-state index contributed by atoms with van der Waals surface area (Å²) in [7, 11) is -3.49. The van der Waals surface area contributed by atoms with E-state index < -0.39 is 15.6 Å². The Balaban J connectivity index is 1.66. The normalized spacial score (nSPS) is 15.7. The predicted octanol–water partition coefficient (Wildman–Crippen LogP) is 4.31. The molecule has 0 atom stereocenters. The van der Waals surface area contributed by atoms with Gasteiger partial charge in [-0.25, -0.2) is 8.42 Å². The van der Waals surface area contributed by atoms with E-state index in [2.05, 4.69) is 5.32 Å². The van der Waals surface area contributed by atoms with Gasteiger partial charge in [0.05, 0.1) is 4.90 Å². The maximum Gasteiger partial charge on any atom is 0.267 e. The molecule has 1 fully saturated rings. The lowest BCUT2D eigenvalue weighted by molar-refractivity contribution is -0.128. The number of carbonyl (C=O) groups is 1. The van der Waals surface area contributed by atoms with Gasteiger partial charge in [0.15, 0.2) is 5.60 Å². The predicted molar refractivity (Wildman–Crippen MR) is 114 cm³/mol. The molecule has 1 saturated heterocycles. The topological polar surface area (TPSA) is 75.7 Å². The molecule has 0 bridgehead atoms. The minimum atomic E-state index is -3.49. The number of rotatable bonds is 6. The molecular weight excluding hydrogens is 412 g/mol. The third-order valence-corrected chi connectivity index (χ3v) is 6.96. The van der Waals surface area contributed by atoms with Crippen LogP contribution in [0.4, 0.5) is 5.69 Å². The SMILES string of the molecule is CC(C)(Oc1ccc(Cl)cc1)C(=O)Nc1ccc(S(=O)(=O)N2CCCCC2)cc1. The number of amides is 1. The lowest BCUT2D eigenvalue weighted by atomic mass is 10.1. The van der Waals surface area contributed by atoms with E-state index in [1.165, 1.54) is 16.4 Å². The number of anilines is 1. The molecule has 2 aromatic carbocycles. The molecule has 156 valence electrons. The number of hydrogen-bond acceptors (Lipinski definition) is 4. The van der Waals surface area contributed by atoms with Gasteiger partial charge in [-0.05, 0) is 75.2 Å². The van der Waals surface area contributed by atoms with Crippen LogP contribution in [0.3, 0.4) is 0 Å². The summed E-state index contributed by atoms with van der Waals surface area (Å²) in [6.07, 6.45) is 2.83. The van der Waals surface area contributed by atoms with Gasteiger partial charge in [-0.2, -0.15) is 4.31 Å². The van der Waals surface area contributed by atoms with E-state index in [-0.39, 0.29) is 10.8 Å². The second-order valence-corrected chi connectivity index (χ2v) is 9.88. The van der Waals surface area contributed by atoms with Gasteiger partial charge in [-0.15, -0.1) is 0 Å². The van der Waals surface area contributed by atoms with E-state index in [1.807, 2.05) is 0 Å². The number of piperidine rings is 1. The number of hydrogen-bond donors (Lipinski definition) is 1. The van der Waals surface area contributed by atoms with Gasteiger partial charge in [0, 0.05) is 23.8 Å². The molecular formula is C21H25ClN2O4S. The van der Waals surface area contributed by atoms with Crippen LogP contribution in [0.25, 0.3) is 0 Å². The zero-order chi connectivity index (χ0) is 21.1. The van der Waals surface area contributed by atoms with E-state index in [1.54, 1.807) is 50.2 Å². The van der Waals surface area contributed by atoms with Crippen molar-refractivity contribution in [2.24, 2.45) is 0 Å². The summed E-state index contributed by atoms with van der Waals surface area (Å²) in [6, 6.07) is 13.0. The lowest BCUT2D eigenvalue weighted by Gasteiger charge is -2.26. The van der Waals surface area contributed by atoms with Gasteiger partial charge < -0.3 is 10.1 Å². The van der Waals surface area contributed by atoms with E-state index in [4.69, 9.17) is 16.3 Å². The van der Waals surface area contributed by atoms with Crippen LogP contribution in [0.2, 0.25) is 5.02 Å². The Labute approximate surface area is 176 Å². The fourth-order valence-corrected chi connectivity index (χ4v) is 4.73. The molecule has 0 saturated carbocycles. The van der Waals surface area contributed by atoms with Crippen LogP contribution in [0, 0.1) is 0 Å². The van der Waals surface area contributed by atoms with Gasteiger partial charge in [0.25, 0.3) is 5.91 Å². The highest BCUT2D eigenvalue weighted by atomic mass is 35.5. The Morgan fingerprint density at radius 1 is 1.00 bits per heavy atom. The van der Waals surface area contributed by atoms with Crippen molar-refractivity contribution < 1.29 is 17.9 Å². The van der Waals surface area contributed by atoms with Gasteiger partial charge in [-0.3, -0.25) is 4.79 Å². The highest BCUT2D eigenvalue weighted by Gasteiger charge is 2.30. The van der Waals surface area contributed by atoms with Gasteiger partial charge in [-0.1, -0.05) is 18.0 Å². The Morgan fingerprint density at radius 3 is 2.17 bits per heavy atom. The molecule has 0 aromatic heterocycles. The fraction of sp³-hybridized carbons (Fsp3) is 0.381. The largest absolute Gasteiger partial charge is 0.478 e. The number of nitrogens with one attached hydrogen (secondary N) is 1. The van der Waals surface area contributed by atoms with Crippen LogP contribution in [0.1, 0.15) is 33.1 Å². The summed E-state index contributed by atoms with van der Waals surface area (Å²) in [5.74, 6) is 0.177. The number of sulfonamides is 1. The number of halogens is 1. The van der Waals surface area contributed by atoms with Crippen LogP contribution in [-0.4, -0.2) is 37.3 Å². The smallest absolute Gasteiger partial charge is 0.267 e. The van der Waals surface area contributed by atoms with E-state index in [0.717, 1.165) is 19.3 Å². The summed E-state index contributed by atoms with van der Waals surface area (Å²) in [5, 5.41) is 3.36. The first-order valence-electron chi connectivity index (χ1n) is 9.55. The second-order valence-electron chi connectivity index (χ2n) is 7.51. The molecule has 6 nitrogen and oxygen atoms in total. The molecule has 1 N–H and O–H groups in total. The van der Waals surface area contributed by atoms with Crippen molar-refractivity contribution in [3.05, 3.63) is 53.6 Å². The van der Waals surface area contributed by atoms with Crippen LogP contribution in [0.5, 0.6) is 5.75 Å². The standard InChI is InChI=1S/C21H25ClN2O4S/c1-21(2,28-18-10-6-16(22)7-11-18)20(25)23-17-8-12-19(13-9-17)29(26,27)24-14-4-3-5-15-24/h6-13H,3-5,14-15H2,1-2H3,(H,23,25). The van der Waals surface area contributed by atoms with Crippen molar-refractivity contribution in [3.8, 4) is 5.75 Å².